The van der Waals surface area contributed by atoms with Crippen LogP contribution in [0.1, 0.15) is 33.6 Å². The second-order valence-electron chi connectivity index (χ2n) is 3.41. The van der Waals surface area contributed by atoms with Gasteiger partial charge in [-0.2, -0.15) is 0 Å². The molecule has 0 spiro atoms. The molecule has 0 aromatic carbocycles. The van der Waals surface area contributed by atoms with Crippen molar-refractivity contribution in [3.05, 3.63) is 0 Å². The molecule has 10 heavy (non-hydrogen) atoms. The fraction of sp³-hybridized carbons (Fsp3) is 1.00. The zero-order valence-corrected chi connectivity index (χ0v) is 7.26. The molecule has 0 aromatic rings. The maximum absolute atomic E-state index is 5.49. The summed E-state index contributed by atoms with van der Waals surface area (Å²) in [4.78, 5) is 0. The fourth-order valence-electron chi connectivity index (χ4n) is 1.80. The predicted octanol–water partition coefficient (Wildman–Crippen LogP) is 2.46. The maximum atomic E-state index is 5.49. The molecule has 1 saturated heterocycles. The van der Waals surface area contributed by atoms with Crippen LogP contribution in [-0.4, -0.2) is 12.7 Å². The Morgan fingerprint density at radius 3 is 2.70 bits per heavy atom. The van der Waals surface area contributed by atoms with E-state index in [0.29, 0.717) is 6.10 Å². The molecule has 0 N–H and O–H groups in total. The van der Waals surface area contributed by atoms with E-state index in [4.69, 9.17) is 4.74 Å². The van der Waals surface area contributed by atoms with Crippen molar-refractivity contribution in [2.45, 2.75) is 39.7 Å². The van der Waals surface area contributed by atoms with Crippen LogP contribution >= 0.6 is 0 Å². The zero-order chi connectivity index (χ0) is 7.56. The van der Waals surface area contributed by atoms with Crippen LogP contribution in [0.2, 0.25) is 0 Å². The number of ether oxygens (including phenoxy) is 1. The van der Waals surface area contributed by atoms with Gasteiger partial charge in [-0.1, -0.05) is 20.3 Å². The summed E-state index contributed by atoms with van der Waals surface area (Å²) in [6, 6.07) is 0. The lowest BCUT2D eigenvalue weighted by atomic mass is 9.87. The Labute approximate surface area is 63.8 Å². The zero-order valence-electron chi connectivity index (χ0n) is 7.26. The van der Waals surface area contributed by atoms with Gasteiger partial charge in [0.15, 0.2) is 0 Å². The Kier molecular flexibility index (Phi) is 2.72. The molecule has 1 fully saturated rings. The Bertz CT molecular complexity index is 101. The summed E-state index contributed by atoms with van der Waals surface area (Å²) >= 11 is 0. The van der Waals surface area contributed by atoms with Crippen LogP contribution < -0.4 is 0 Å². The van der Waals surface area contributed by atoms with Crippen molar-refractivity contribution in [3.8, 4) is 0 Å². The van der Waals surface area contributed by atoms with Gasteiger partial charge in [0.05, 0.1) is 6.10 Å². The smallest absolute Gasteiger partial charge is 0.0578 e. The van der Waals surface area contributed by atoms with Crippen molar-refractivity contribution in [2.24, 2.45) is 11.8 Å². The first-order valence-corrected chi connectivity index (χ1v) is 4.37. The Morgan fingerprint density at radius 2 is 2.30 bits per heavy atom. The normalized spacial score (nSPS) is 36.3. The van der Waals surface area contributed by atoms with E-state index in [1.165, 1.54) is 12.8 Å². The molecular weight excluding hydrogens is 124 g/mol. The third-order valence-corrected chi connectivity index (χ3v) is 2.81. The van der Waals surface area contributed by atoms with Gasteiger partial charge in [-0.3, -0.25) is 0 Å². The third-order valence-electron chi connectivity index (χ3n) is 2.81. The highest BCUT2D eigenvalue weighted by atomic mass is 16.5. The van der Waals surface area contributed by atoms with E-state index in [-0.39, 0.29) is 0 Å². The monoisotopic (exact) mass is 142 g/mol. The molecule has 0 radical (unpaired) electrons. The van der Waals surface area contributed by atoms with Crippen molar-refractivity contribution in [2.75, 3.05) is 6.61 Å². The van der Waals surface area contributed by atoms with Crippen LogP contribution in [0.4, 0.5) is 0 Å². The highest BCUT2D eigenvalue weighted by Crippen LogP contribution is 2.29. The van der Waals surface area contributed by atoms with Gasteiger partial charge in [0.1, 0.15) is 0 Å². The van der Waals surface area contributed by atoms with Gasteiger partial charge in [-0.05, 0) is 25.2 Å². The lowest BCUT2D eigenvalue weighted by Gasteiger charge is -2.19. The van der Waals surface area contributed by atoms with E-state index in [1.807, 2.05) is 0 Å². The SMILES string of the molecule is CC[C@@H](C)[C@H]1CCO[C@H]1C. The van der Waals surface area contributed by atoms with E-state index >= 15 is 0 Å². The van der Waals surface area contributed by atoms with Crippen molar-refractivity contribution in [1.82, 2.24) is 0 Å². The Morgan fingerprint density at radius 1 is 1.60 bits per heavy atom. The third kappa shape index (κ3) is 1.51. The minimum absolute atomic E-state index is 0.509. The summed E-state index contributed by atoms with van der Waals surface area (Å²) in [5, 5.41) is 0. The molecule has 0 amide bonds. The minimum atomic E-state index is 0.509. The highest BCUT2D eigenvalue weighted by Gasteiger charge is 2.27. The molecular formula is C9H18O. The van der Waals surface area contributed by atoms with Crippen LogP contribution in [0.15, 0.2) is 0 Å². The van der Waals surface area contributed by atoms with Crippen LogP contribution in [0, 0.1) is 11.8 Å². The van der Waals surface area contributed by atoms with Gasteiger partial charge in [0, 0.05) is 6.61 Å². The first-order chi connectivity index (χ1) is 4.75. The van der Waals surface area contributed by atoms with Crippen molar-refractivity contribution in [1.29, 1.82) is 0 Å². The van der Waals surface area contributed by atoms with E-state index in [9.17, 15) is 0 Å². The summed E-state index contributed by atoms with van der Waals surface area (Å²) in [6.07, 6.45) is 3.07. The predicted molar refractivity (Wildman–Crippen MR) is 43.0 cm³/mol. The molecule has 1 aliphatic heterocycles. The van der Waals surface area contributed by atoms with Gasteiger partial charge in [-0.15, -0.1) is 0 Å². The molecule has 1 heterocycles. The summed E-state index contributed by atoms with van der Waals surface area (Å²) in [7, 11) is 0. The average molecular weight is 142 g/mol. The number of hydrogen-bond donors (Lipinski definition) is 0. The van der Waals surface area contributed by atoms with Crippen LogP contribution in [0.3, 0.4) is 0 Å². The molecule has 1 rings (SSSR count). The summed E-state index contributed by atoms with van der Waals surface area (Å²) in [5.74, 6) is 1.67. The number of hydrogen-bond acceptors (Lipinski definition) is 1. The largest absolute Gasteiger partial charge is 0.378 e. The lowest BCUT2D eigenvalue weighted by Crippen LogP contribution is -2.18. The molecule has 1 nitrogen and oxygen atoms in total. The van der Waals surface area contributed by atoms with Gasteiger partial charge in [0.25, 0.3) is 0 Å². The van der Waals surface area contributed by atoms with Crippen molar-refractivity contribution in [3.63, 3.8) is 0 Å². The molecule has 60 valence electrons. The van der Waals surface area contributed by atoms with Crippen LogP contribution in [-0.2, 0) is 4.74 Å². The average Bonchev–Trinajstić information content (AvgIpc) is 2.34. The lowest BCUT2D eigenvalue weighted by molar-refractivity contribution is 0.0916. The summed E-state index contributed by atoms with van der Waals surface area (Å²) in [6.45, 7) is 7.77. The summed E-state index contributed by atoms with van der Waals surface area (Å²) < 4.78 is 5.49. The topological polar surface area (TPSA) is 9.23 Å². The van der Waals surface area contributed by atoms with Crippen LogP contribution in [0.5, 0.6) is 0 Å². The Hall–Kier alpha value is -0.0400. The quantitative estimate of drug-likeness (QED) is 0.575. The van der Waals surface area contributed by atoms with Crippen molar-refractivity contribution < 1.29 is 4.74 Å². The maximum Gasteiger partial charge on any atom is 0.0578 e. The molecule has 0 aromatic heterocycles. The van der Waals surface area contributed by atoms with Crippen molar-refractivity contribution >= 4 is 0 Å². The second-order valence-corrected chi connectivity index (χ2v) is 3.41. The molecule has 0 bridgehead atoms. The molecule has 1 aliphatic rings. The molecule has 0 unspecified atom stereocenters. The molecule has 1 heteroatoms. The van der Waals surface area contributed by atoms with E-state index in [0.717, 1.165) is 18.4 Å². The summed E-state index contributed by atoms with van der Waals surface area (Å²) in [5.41, 5.74) is 0. The van der Waals surface area contributed by atoms with E-state index in [2.05, 4.69) is 20.8 Å². The highest BCUT2D eigenvalue weighted by molar-refractivity contribution is 4.76. The standard InChI is InChI=1S/C9H18O/c1-4-7(2)9-5-6-10-8(9)3/h7-9H,4-6H2,1-3H3/t7-,8+,9-/m1/s1. The minimum Gasteiger partial charge on any atom is -0.378 e. The van der Waals surface area contributed by atoms with Gasteiger partial charge >= 0.3 is 0 Å². The van der Waals surface area contributed by atoms with Crippen LogP contribution in [0.25, 0.3) is 0 Å². The van der Waals surface area contributed by atoms with E-state index in [1.54, 1.807) is 0 Å². The fourth-order valence-corrected chi connectivity index (χ4v) is 1.80. The van der Waals surface area contributed by atoms with Gasteiger partial charge < -0.3 is 4.74 Å². The first kappa shape index (κ1) is 8.06. The number of rotatable bonds is 2. The van der Waals surface area contributed by atoms with Gasteiger partial charge in [-0.25, -0.2) is 0 Å². The van der Waals surface area contributed by atoms with Gasteiger partial charge in [0.2, 0.25) is 0 Å². The molecule has 0 saturated carbocycles. The molecule has 3 atom stereocenters. The molecule has 0 aliphatic carbocycles. The van der Waals surface area contributed by atoms with E-state index < -0.39 is 0 Å². The second kappa shape index (κ2) is 3.38. The first-order valence-electron chi connectivity index (χ1n) is 4.37. The Balaban J connectivity index is 2.38.